The van der Waals surface area contributed by atoms with Crippen LogP contribution in [0.4, 0.5) is 0 Å². The van der Waals surface area contributed by atoms with Gasteiger partial charge in [-0.15, -0.1) is 12.3 Å². The van der Waals surface area contributed by atoms with Crippen molar-refractivity contribution in [2.75, 3.05) is 0 Å². The van der Waals surface area contributed by atoms with Gasteiger partial charge in [-0.1, -0.05) is 6.92 Å². The zero-order valence-corrected chi connectivity index (χ0v) is 11.5. The van der Waals surface area contributed by atoms with Crippen LogP contribution in [0.5, 0.6) is 0 Å². The van der Waals surface area contributed by atoms with Crippen molar-refractivity contribution in [2.45, 2.75) is 32.8 Å². The van der Waals surface area contributed by atoms with E-state index in [0.29, 0.717) is 27.7 Å². The predicted molar refractivity (Wildman–Crippen MR) is 72.3 cm³/mol. The lowest BCUT2D eigenvalue weighted by Crippen LogP contribution is -2.19. The molecule has 1 aromatic heterocycles. The Morgan fingerprint density at radius 3 is 2.75 bits per heavy atom. The van der Waals surface area contributed by atoms with E-state index in [1.54, 1.807) is 6.92 Å². The number of hydrogen-bond donors (Lipinski definition) is 2. The third kappa shape index (κ3) is 2.47. The molecule has 16 heavy (non-hydrogen) atoms. The third-order valence-electron chi connectivity index (χ3n) is 2.56. The molecule has 4 heteroatoms. The molecule has 86 valence electrons. The lowest BCUT2D eigenvalue weighted by Gasteiger charge is -2.16. The van der Waals surface area contributed by atoms with Gasteiger partial charge in [0.25, 0.3) is 5.56 Å². The average molecular weight is 331 g/mol. The summed E-state index contributed by atoms with van der Waals surface area (Å²) in [7, 11) is 0. The number of H-pyrrole nitrogens is 1. The number of aromatic nitrogens is 1. The summed E-state index contributed by atoms with van der Waals surface area (Å²) in [6, 6.07) is 0. The minimum atomic E-state index is -0.626. The Kier molecular flexibility index (Phi) is 4.56. The standard InChI is InChI=1S/C12H14INO2/c1-4-6-8-10(9(15)5-2)7(3)12(16)14-11(8)13/h1,9,15H,5-6H2,2-3H3,(H,14,16). The molecule has 1 aromatic rings. The molecule has 1 unspecified atom stereocenters. The summed E-state index contributed by atoms with van der Waals surface area (Å²) >= 11 is 2.04. The predicted octanol–water partition coefficient (Wildman–Crippen LogP) is 1.91. The zero-order chi connectivity index (χ0) is 12.3. The maximum absolute atomic E-state index is 11.6. The van der Waals surface area contributed by atoms with Gasteiger partial charge in [-0.3, -0.25) is 4.79 Å². The van der Waals surface area contributed by atoms with Gasteiger partial charge in [0.15, 0.2) is 0 Å². The van der Waals surface area contributed by atoms with Crippen LogP contribution in [0.3, 0.4) is 0 Å². The van der Waals surface area contributed by atoms with E-state index in [4.69, 9.17) is 6.42 Å². The van der Waals surface area contributed by atoms with E-state index in [0.717, 1.165) is 5.56 Å². The number of rotatable bonds is 3. The second-order valence-corrected chi connectivity index (χ2v) is 4.67. The maximum Gasteiger partial charge on any atom is 0.252 e. The highest BCUT2D eigenvalue weighted by molar-refractivity contribution is 14.1. The van der Waals surface area contributed by atoms with Crippen molar-refractivity contribution in [3.63, 3.8) is 0 Å². The molecule has 0 radical (unpaired) electrons. The molecular weight excluding hydrogens is 317 g/mol. The second-order valence-electron chi connectivity index (χ2n) is 3.59. The largest absolute Gasteiger partial charge is 0.388 e. The summed E-state index contributed by atoms with van der Waals surface area (Å²) in [5.41, 5.74) is 1.94. The highest BCUT2D eigenvalue weighted by Crippen LogP contribution is 2.25. The van der Waals surface area contributed by atoms with Crippen molar-refractivity contribution < 1.29 is 5.11 Å². The first-order valence-electron chi connectivity index (χ1n) is 5.05. The molecule has 1 atom stereocenters. The molecule has 0 saturated heterocycles. The number of nitrogens with one attached hydrogen (secondary N) is 1. The van der Waals surface area contributed by atoms with E-state index in [-0.39, 0.29) is 5.56 Å². The van der Waals surface area contributed by atoms with Crippen LogP contribution in [0.25, 0.3) is 0 Å². The fourth-order valence-corrected chi connectivity index (χ4v) is 2.39. The minimum Gasteiger partial charge on any atom is -0.388 e. The molecule has 0 aliphatic heterocycles. The Balaban J connectivity index is 3.52. The van der Waals surface area contributed by atoms with Gasteiger partial charge in [0, 0.05) is 17.5 Å². The van der Waals surface area contributed by atoms with Crippen LogP contribution in [0, 0.1) is 23.0 Å². The molecule has 0 bridgehead atoms. The summed E-state index contributed by atoms with van der Waals surface area (Å²) in [6.07, 6.45) is 5.66. The number of aromatic amines is 1. The first-order valence-corrected chi connectivity index (χ1v) is 6.13. The molecule has 0 aromatic carbocycles. The molecule has 1 heterocycles. The van der Waals surface area contributed by atoms with Gasteiger partial charge in [0.1, 0.15) is 0 Å². The molecule has 0 spiro atoms. The normalized spacial score (nSPS) is 12.2. The van der Waals surface area contributed by atoms with Crippen LogP contribution in [-0.2, 0) is 6.42 Å². The summed E-state index contributed by atoms with van der Waals surface area (Å²) < 4.78 is 0.716. The summed E-state index contributed by atoms with van der Waals surface area (Å²) in [6.45, 7) is 3.58. The molecule has 0 aliphatic rings. The van der Waals surface area contributed by atoms with Crippen LogP contribution in [0.15, 0.2) is 4.79 Å². The Hall–Kier alpha value is -0.800. The van der Waals surface area contributed by atoms with E-state index in [2.05, 4.69) is 10.9 Å². The van der Waals surface area contributed by atoms with Gasteiger partial charge in [-0.2, -0.15) is 0 Å². The number of halogens is 1. The van der Waals surface area contributed by atoms with Crippen LogP contribution in [0.1, 0.15) is 36.1 Å². The maximum atomic E-state index is 11.6. The highest BCUT2D eigenvalue weighted by atomic mass is 127. The van der Waals surface area contributed by atoms with Gasteiger partial charge in [-0.25, -0.2) is 0 Å². The Morgan fingerprint density at radius 1 is 1.62 bits per heavy atom. The topological polar surface area (TPSA) is 53.1 Å². The smallest absolute Gasteiger partial charge is 0.252 e. The van der Waals surface area contributed by atoms with Crippen molar-refractivity contribution in [3.8, 4) is 12.3 Å². The summed E-state index contributed by atoms with van der Waals surface area (Å²) in [5.74, 6) is 2.55. The van der Waals surface area contributed by atoms with Crippen LogP contribution in [-0.4, -0.2) is 10.1 Å². The molecule has 2 N–H and O–H groups in total. The van der Waals surface area contributed by atoms with E-state index in [9.17, 15) is 9.90 Å². The lowest BCUT2D eigenvalue weighted by atomic mass is 9.96. The van der Waals surface area contributed by atoms with Gasteiger partial charge in [0.05, 0.1) is 9.80 Å². The number of hydrogen-bond acceptors (Lipinski definition) is 2. The van der Waals surface area contributed by atoms with E-state index in [1.807, 2.05) is 29.5 Å². The Morgan fingerprint density at radius 2 is 2.25 bits per heavy atom. The fraction of sp³-hybridized carbons (Fsp3) is 0.417. The second kappa shape index (κ2) is 5.51. The van der Waals surface area contributed by atoms with Crippen molar-refractivity contribution in [3.05, 3.63) is 30.7 Å². The molecule has 0 aliphatic carbocycles. The van der Waals surface area contributed by atoms with Crippen LogP contribution < -0.4 is 5.56 Å². The first-order chi connectivity index (χ1) is 7.52. The average Bonchev–Trinajstić information content (AvgIpc) is 2.25. The van der Waals surface area contributed by atoms with Crippen molar-refractivity contribution in [1.82, 2.24) is 4.98 Å². The fourth-order valence-electron chi connectivity index (χ4n) is 1.67. The minimum absolute atomic E-state index is 0.160. The van der Waals surface area contributed by atoms with Crippen LogP contribution >= 0.6 is 22.6 Å². The highest BCUT2D eigenvalue weighted by Gasteiger charge is 2.18. The molecule has 3 nitrogen and oxygen atoms in total. The molecular formula is C12H14INO2. The SMILES string of the molecule is C#CCc1c(I)[nH]c(=O)c(C)c1C(O)CC. The zero-order valence-electron chi connectivity index (χ0n) is 9.30. The van der Waals surface area contributed by atoms with Crippen LogP contribution in [0.2, 0.25) is 0 Å². The van der Waals surface area contributed by atoms with Gasteiger partial charge in [0.2, 0.25) is 0 Å². The summed E-state index contributed by atoms with van der Waals surface area (Å²) in [5, 5.41) is 9.94. The molecule has 0 saturated carbocycles. The monoisotopic (exact) mass is 331 g/mol. The third-order valence-corrected chi connectivity index (χ3v) is 3.48. The van der Waals surface area contributed by atoms with Crippen molar-refractivity contribution >= 4 is 22.6 Å². The Bertz CT molecular complexity index is 485. The van der Waals surface area contributed by atoms with Gasteiger partial charge < -0.3 is 10.1 Å². The van der Waals surface area contributed by atoms with Crippen molar-refractivity contribution in [1.29, 1.82) is 0 Å². The Labute approximate surface area is 108 Å². The lowest BCUT2D eigenvalue weighted by molar-refractivity contribution is 0.171. The molecule has 1 rings (SSSR count). The molecule has 0 amide bonds. The van der Waals surface area contributed by atoms with E-state index < -0.39 is 6.10 Å². The first kappa shape index (κ1) is 13.3. The molecule has 0 fully saturated rings. The number of pyridine rings is 1. The number of aliphatic hydroxyl groups is 1. The van der Waals surface area contributed by atoms with E-state index in [1.165, 1.54) is 0 Å². The summed E-state index contributed by atoms with van der Waals surface area (Å²) in [4.78, 5) is 14.4. The van der Waals surface area contributed by atoms with Crippen molar-refractivity contribution in [2.24, 2.45) is 0 Å². The quantitative estimate of drug-likeness (QED) is 0.505. The number of aliphatic hydroxyl groups excluding tert-OH is 1. The van der Waals surface area contributed by atoms with Gasteiger partial charge in [-0.05, 0) is 41.5 Å². The van der Waals surface area contributed by atoms with E-state index >= 15 is 0 Å². The van der Waals surface area contributed by atoms with Gasteiger partial charge >= 0.3 is 0 Å². The number of terminal acetylenes is 1.